The van der Waals surface area contributed by atoms with Gasteiger partial charge in [-0.05, 0) is 6.07 Å². The van der Waals surface area contributed by atoms with Gasteiger partial charge in [0.15, 0.2) is 9.84 Å². The van der Waals surface area contributed by atoms with Crippen LogP contribution in [0, 0.1) is 10.1 Å². The molecule has 0 aliphatic rings. The molecule has 8 nitrogen and oxygen atoms in total. The van der Waals surface area contributed by atoms with Crippen molar-refractivity contribution in [3.05, 3.63) is 45.8 Å². The highest BCUT2D eigenvalue weighted by Crippen LogP contribution is 2.17. The topological polar surface area (TPSA) is 114 Å². The number of rotatable bonds is 4. The predicted molar refractivity (Wildman–Crippen MR) is 80.6 cm³/mol. The second-order valence-corrected chi connectivity index (χ2v) is 6.98. The van der Waals surface area contributed by atoms with Gasteiger partial charge in [-0.3, -0.25) is 4.79 Å². The number of para-hydroxylation sites is 2. The largest absolute Gasteiger partial charge is 0.805 e. The summed E-state index contributed by atoms with van der Waals surface area (Å²) in [4.78, 5) is 24.3. The van der Waals surface area contributed by atoms with Crippen molar-refractivity contribution >= 4 is 26.8 Å². The van der Waals surface area contributed by atoms with E-state index in [2.05, 4.69) is 5.32 Å². The third kappa shape index (κ3) is 2.67. The highest BCUT2D eigenvalue weighted by Gasteiger charge is 2.30. The molecule has 0 bridgehead atoms. The summed E-state index contributed by atoms with van der Waals surface area (Å²) in [6.45, 7) is 1.43. The zero-order valence-electron chi connectivity index (χ0n) is 12.1. The number of aromatic nitrogens is 2. The van der Waals surface area contributed by atoms with Crippen LogP contribution in [0.25, 0.3) is 11.0 Å². The van der Waals surface area contributed by atoms with Gasteiger partial charge in [0.1, 0.15) is 11.2 Å². The molecular weight excluding hydrogens is 310 g/mol. The summed E-state index contributed by atoms with van der Waals surface area (Å²) in [7, 11) is -2.30. The fourth-order valence-electron chi connectivity index (χ4n) is 2.07. The Labute approximate surface area is 126 Å². The lowest BCUT2D eigenvalue weighted by atomic mass is 10.2. The number of hydrogen-bond donors (Lipinski definition) is 1. The maximum atomic E-state index is 12.4. The Balaban J connectivity index is 2.91. The van der Waals surface area contributed by atoms with E-state index in [1.54, 1.807) is 12.1 Å². The number of nitrogens with zero attached hydrogens (tertiary/aromatic N) is 2. The number of amides is 1. The highest BCUT2D eigenvalue weighted by atomic mass is 32.2. The number of benzene rings is 1. The van der Waals surface area contributed by atoms with E-state index in [4.69, 9.17) is 0 Å². The molecule has 22 heavy (non-hydrogen) atoms. The van der Waals surface area contributed by atoms with Crippen LogP contribution in [0.5, 0.6) is 0 Å². The summed E-state index contributed by atoms with van der Waals surface area (Å²) in [5, 5.41) is 14.7. The van der Waals surface area contributed by atoms with Crippen LogP contribution in [0.15, 0.2) is 24.3 Å². The SMILES string of the molecule is CCS(=O)(=O)Cc1c(C(=O)NC)[n+](=O)c2ccccc2n1[O-]. The van der Waals surface area contributed by atoms with Gasteiger partial charge in [0.2, 0.25) is 0 Å². The van der Waals surface area contributed by atoms with Gasteiger partial charge in [-0.1, -0.05) is 19.1 Å². The van der Waals surface area contributed by atoms with Crippen LogP contribution in [-0.4, -0.2) is 31.9 Å². The van der Waals surface area contributed by atoms with Crippen molar-refractivity contribution in [3.8, 4) is 0 Å². The van der Waals surface area contributed by atoms with Gasteiger partial charge in [0.25, 0.3) is 5.52 Å². The van der Waals surface area contributed by atoms with Gasteiger partial charge in [-0.15, -0.1) is 0 Å². The monoisotopic (exact) mass is 325 g/mol. The van der Waals surface area contributed by atoms with E-state index in [-0.39, 0.29) is 22.5 Å². The first-order valence-corrected chi connectivity index (χ1v) is 8.33. The average Bonchev–Trinajstić information content (AvgIpc) is 2.52. The summed E-state index contributed by atoms with van der Waals surface area (Å²) in [6.07, 6.45) is 0. The van der Waals surface area contributed by atoms with E-state index in [0.717, 1.165) is 0 Å². The predicted octanol–water partition coefficient (Wildman–Crippen LogP) is 0.196. The number of hydrogen-bond acceptors (Lipinski definition) is 5. The Morgan fingerprint density at radius 2 is 2.00 bits per heavy atom. The standard InChI is InChI=1S/C13H15N3O5S/c1-3-22(20,21)8-11-12(13(17)14-2)16(19)10-7-5-4-6-9(10)15(11)18/h4-7H,3,8H2,1-2H3,(H,14,17). The molecule has 0 fully saturated rings. The van der Waals surface area contributed by atoms with E-state index in [1.807, 2.05) is 0 Å². The average molecular weight is 325 g/mol. The van der Waals surface area contributed by atoms with Crippen molar-refractivity contribution in [2.24, 2.45) is 0 Å². The van der Waals surface area contributed by atoms with Crippen LogP contribution < -0.4 is 9.74 Å². The first-order valence-electron chi connectivity index (χ1n) is 6.51. The smallest absolute Gasteiger partial charge is 0.347 e. The third-order valence-corrected chi connectivity index (χ3v) is 4.87. The minimum Gasteiger partial charge on any atom is -0.805 e. The molecule has 2 rings (SSSR count). The Morgan fingerprint density at radius 1 is 1.36 bits per heavy atom. The summed E-state index contributed by atoms with van der Waals surface area (Å²) < 4.78 is 24.3. The van der Waals surface area contributed by atoms with E-state index in [0.29, 0.717) is 9.16 Å². The van der Waals surface area contributed by atoms with E-state index in [1.165, 1.54) is 26.1 Å². The van der Waals surface area contributed by atoms with Crippen LogP contribution in [0.4, 0.5) is 0 Å². The first kappa shape index (κ1) is 16.0. The molecule has 2 aromatic rings. The van der Waals surface area contributed by atoms with Gasteiger partial charge in [0, 0.05) is 23.8 Å². The van der Waals surface area contributed by atoms with Gasteiger partial charge < -0.3 is 15.3 Å². The lowest BCUT2D eigenvalue weighted by Crippen LogP contribution is -2.36. The maximum Gasteiger partial charge on any atom is 0.347 e. The molecule has 0 saturated heterocycles. The molecule has 0 aliphatic heterocycles. The second kappa shape index (κ2) is 5.76. The Bertz CT molecular complexity index is 902. The van der Waals surface area contributed by atoms with Crippen LogP contribution in [0.2, 0.25) is 0 Å². The van der Waals surface area contributed by atoms with Crippen molar-refractivity contribution in [3.63, 3.8) is 0 Å². The van der Waals surface area contributed by atoms with Crippen LogP contribution in [0.3, 0.4) is 0 Å². The lowest BCUT2D eigenvalue weighted by molar-refractivity contribution is -0.468. The van der Waals surface area contributed by atoms with Crippen molar-refractivity contribution < 1.29 is 17.6 Å². The molecule has 0 spiro atoms. The van der Waals surface area contributed by atoms with Crippen LogP contribution >= 0.6 is 0 Å². The molecule has 9 heteroatoms. The summed E-state index contributed by atoms with van der Waals surface area (Å²) in [6, 6.07) is 5.88. The van der Waals surface area contributed by atoms with E-state index >= 15 is 0 Å². The quantitative estimate of drug-likeness (QED) is 0.806. The van der Waals surface area contributed by atoms with Gasteiger partial charge in [0.05, 0.1) is 10.2 Å². The fraction of sp³-hybridized carbons (Fsp3) is 0.308. The molecule has 1 aromatic heterocycles. The molecule has 1 amide bonds. The Kier molecular flexibility index (Phi) is 4.18. The normalized spacial score (nSPS) is 11.5. The minimum atomic E-state index is -3.60. The molecule has 1 heterocycles. The van der Waals surface area contributed by atoms with Crippen molar-refractivity contribution in [2.45, 2.75) is 12.7 Å². The van der Waals surface area contributed by atoms with E-state index < -0.39 is 27.2 Å². The first-order chi connectivity index (χ1) is 10.3. The van der Waals surface area contributed by atoms with Gasteiger partial charge in [-0.2, -0.15) is 0 Å². The van der Waals surface area contributed by atoms with Crippen molar-refractivity contribution in [1.82, 2.24) is 10.0 Å². The number of nitrogens with one attached hydrogen (secondary N) is 1. The lowest BCUT2D eigenvalue weighted by Gasteiger charge is -2.18. The fourth-order valence-corrected chi connectivity index (χ4v) is 2.94. The second-order valence-electron chi connectivity index (χ2n) is 4.63. The van der Waals surface area contributed by atoms with Gasteiger partial charge >= 0.3 is 11.6 Å². The van der Waals surface area contributed by atoms with Crippen molar-refractivity contribution in [1.29, 1.82) is 0 Å². The summed E-state index contributed by atoms with van der Waals surface area (Å²) >= 11 is 0. The molecule has 1 aromatic carbocycles. The number of sulfone groups is 1. The molecule has 0 atom stereocenters. The molecule has 0 radical (unpaired) electrons. The van der Waals surface area contributed by atoms with Crippen LogP contribution in [0.1, 0.15) is 23.1 Å². The zero-order chi connectivity index (χ0) is 16.5. The minimum absolute atomic E-state index is 0.00579. The third-order valence-electron chi connectivity index (χ3n) is 3.28. The molecule has 0 unspecified atom stereocenters. The van der Waals surface area contributed by atoms with Crippen LogP contribution in [-0.2, 0) is 15.6 Å². The number of fused-ring (bicyclic) bond motifs is 1. The van der Waals surface area contributed by atoms with Gasteiger partial charge in [-0.25, -0.2) is 8.42 Å². The number of carbonyl (C=O) groups is 1. The molecule has 0 aliphatic carbocycles. The Morgan fingerprint density at radius 3 is 2.59 bits per heavy atom. The molecule has 0 saturated carbocycles. The molecular formula is C13H15N3O5S. The summed E-state index contributed by atoms with van der Waals surface area (Å²) in [5.74, 6) is -1.69. The molecule has 118 valence electrons. The summed E-state index contributed by atoms with van der Waals surface area (Å²) in [5.41, 5.74) is -0.886. The Hall–Kier alpha value is -2.42. The molecule has 1 N–H and O–H groups in total. The van der Waals surface area contributed by atoms with Crippen molar-refractivity contribution in [2.75, 3.05) is 12.8 Å². The zero-order valence-corrected chi connectivity index (χ0v) is 12.9. The highest BCUT2D eigenvalue weighted by molar-refractivity contribution is 7.90. The maximum absolute atomic E-state index is 12.4. The van der Waals surface area contributed by atoms with E-state index in [9.17, 15) is 23.3 Å². The number of carbonyl (C=O) groups excluding carboxylic acids is 1.